The van der Waals surface area contributed by atoms with E-state index in [1.54, 1.807) is 6.92 Å². The molecule has 5 nitrogen and oxygen atoms in total. The Morgan fingerprint density at radius 2 is 1.94 bits per heavy atom. The summed E-state index contributed by atoms with van der Waals surface area (Å²) in [7, 11) is -0.870. The van der Waals surface area contributed by atoms with E-state index in [0.717, 1.165) is 19.4 Å². The lowest BCUT2D eigenvalue weighted by Gasteiger charge is -2.14. The molecular formula is C10H24NO4P. The van der Waals surface area contributed by atoms with Crippen LogP contribution in [0.25, 0.3) is 0 Å². The molecule has 3 N–H and O–H groups in total. The highest BCUT2D eigenvalue weighted by Crippen LogP contribution is 2.20. The molecule has 0 aromatic heterocycles. The predicted octanol–water partition coefficient (Wildman–Crippen LogP) is 1.59. The first-order valence-corrected chi connectivity index (χ1v) is 6.59. The van der Waals surface area contributed by atoms with E-state index in [1.807, 2.05) is 0 Å². The first-order chi connectivity index (χ1) is 7.47. The van der Waals surface area contributed by atoms with Crippen molar-refractivity contribution >= 4 is 14.4 Å². The topological polar surface area (TPSA) is 78.8 Å². The summed E-state index contributed by atoms with van der Waals surface area (Å²) in [6.45, 7) is 6.82. The normalized spacial score (nSPS) is 11.9. The van der Waals surface area contributed by atoms with Gasteiger partial charge < -0.3 is 19.6 Å². The van der Waals surface area contributed by atoms with Crippen LogP contribution >= 0.6 is 8.60 Å². The molecule has 6 heteroatoms. The second-order valence-electron chi connectivity index (χ2n) is 3.38. The fourth-order valence-electron chi connectivity index (χ4n) is 1.26. The van der Waals surface area contributed by atoms with Gasteiger partial charge in [-0.05, 0) is 19.9 Å². The summed E-state index contributed by atoms with van der Waals surface area (Å²) in [5.74, 6) is 0.282. The van der Waals surface area contributed by atoms with Crippen molar-refractivity contribution in [3.8, 4) is 0 Å². The van der Waals surface area contributed by atoms with Crippen LogP contribution in [0.4, 0.5) is 0 Å². The SMILES string of the molecule is CCCC(CC(C)=O)NCC.COP(O)O. The maximum atomic E-state index is 10.8. The largest absolute Gasteiger partial charge is 0.328 e. The predicted molar refractivity (Wildman–Crippen MR) is 66.0 cm³/mol. The Balaban J connectivity index is 0. The molecule has 0 saturated carbocycles. The second-order valence-corrected chi connectivity index (χ2v) is 4.26. The van der Waals surface area contributed by atoms with Gasteiger partial charge >= 0.3 is 8.60 Å². The van der Waals surface area contributed by atoms with E-state index in [0.29, 0.717) is 12.5 Å². The first kappa shape index (κ1) is 18.3. The molecule has 0 aliphatic carbocycles. The molecule has 1 unspecified atom stereocenters. The Kier molecular flexibility index (Phi) is 14.9. The van der Waals surface area contributed by atoms with Crippen molar-refractivity contribution in [2.75, 3.05) is 13.7 Å². The molecule has 0 saturated heterocycles. The summed E-state index contributed by atoms with van der Waals surface area (Å²) in [5.41, 5.74) is 0. The zero-order valence-corrected chi connectivity index (χ0v) is 11.5. The monoisotopic (exact) mass is 253 g/mol. The molecule has 0 aromatic rings. The van der Waals surface area contributed by atoms with E-state index in [-0.39, 0.29) is 5.78 Å². The number of hydrogen-bond acceptors (Lipinski definition) is 5. The quantitative estimate of drug-likeness (QED) is 0.600. The van der Waals surface area contributed by atoms with Crippen LogP contribution < -0.4 is 5.32 Å². The number of nitrogens with one attached hydrogen (secondary N) is 1. The van der Waals surface area contributed by atoms with Crippen molar-refractivity contribution in [2.45, 2.75) is 46.1 Å². The molecule has 98 valence electrons. The molecule has 0 aliphatic heterocycles. The van der Waals surface area contributed by atoms with Crippen molar-refractivity contribution in [1.82, 2.24) is 5.32 Å². The molecule has 0 radical (unpaired) electrons. The molecule has 0 rings (SSSR count). The lowest BCUT2D eigenvalue weighted by atomic mass is 10.1. The Morgan fingerprint density at radius 1 is 1.44 bits per heavy atom. The van der Waals surface area contributed by atoms with Crippen molar-refractivity contribution in [3.63, 3.8) is 0 Å². The minimum atomic E-state index is -2.10. The minimum absolute atomic E-state index is 0.282. The average Bonchev–Trinajstić information content (AvgIpc) is 2.18. The minimum Gasteiger partial charge on any atom is -0.328 e. The van der Waals surface area contributed by atoms with E-state index in [9.17, 15) is 4.79 Å². The van der Waals surface area contributed by atoms with Crippen molar-refractivity contribution in [3.05, 3.63) is 0 Å². The molecule has 0 amide bonds. The number of ketones is 1. The molecule has 0 heterocycles. The van der Waals surface area contributed by atoms with Gasteiger partial charge in [-0.3, -0.25) is 4.79 Å². The third-order valence-electron chi connectivity index (χ3n) is 1.83. The highest BCUT2D eigenvalue weighted by molar-refractivity contribution is 7.39. The lowest BCUT2D eigenvalue weighted by Crippen LogP contribution is -2.30. The average molecular weight is 253 g/mol. The van der Waals surface area contributed by atoms with E-state index >= 15 is 0 Å². The van der Waals surface area contributed by atoms with Crippen LogP contribution in [-0.2, 0) is 9.32 Å². The van der Waals surface area contributed by atoms with Crippen molar-refractivity contribution in [2.24, 2.45) is 0 Å². The summed E-state index contributed by atoms with van der Waals surface area (Å²) in [6, 6.07) is 0.405. The van der Waals surface area contributed by atoms with Crippen molar-refractivity contribution in [1.29, 1.82) is 0 Å². The maximum Gasteiger partial charge on any atom is 0.326 e. The molecule has 0 aromatic carbocycles. The van der Waals surface area contributed by atoms with Crippen LogP contribution in [0, 0.1) is 0 Å². The zero-order valence-electron chi connectivity index (χ0n) is 10.6. The highest BCUT2D eigenvalue weighted by Gasteiger charge is 2.07. The number of Topliss-reactive ketones (excluding diaryl/α,β-unsaturated/α-hetero) is 1. The van der Waals surface area contributed by atoms with E-state index in [2.05, 4.69) is 23.7 Å². The Hall–Kier alpha value is -0.0600. The number of rotatable bonds is 7. The Bertz CT molecular complexity index is 161. The van der Waals surface area contributed by atoms with Gasteiger partial charge in [-0.1, -0.05) is 20.3 Å². The Labute approximate surface area is 99.2 Å². The summed E-state index contributed by atoms with van der Waals surface area (Å²) in [4.78, 5) is 26.3. The van der Waals surface area contributed by atoms with Gasteiger partial charge in [0.05, 0.1) is 0 Å². The molecule has 1 atom stereocenters. The van der Waals surface area contributed by atoms with Gasteiger partial charge in [-0.25, -0.2) is 0 Å². The lowest BCUT2D eigenvalue weighted by molar-refractivity contribution is -0.117. The van der Waals surface area contributed by atoms with Crippen molar-refractivity contribution < 1.29 is 19.1 Å². The summed E-state index contributed by atoms with van der Waals surface area (Å²) in [6.07, 6.45) is 2.93. The highest BCUT2D eigenvalue weighted by atomic mass is 31.2. The van der Waals surface area contributed by atoms with Gasteiger partial charge in [0.25, 0.3) is 0 Å². The molecule has 16 heavy (non-hydrogen) atoms. The maximum absolute atomic E-state index is 10.8. The summed E-state index contributed by atoms with van der Waals surface area (Å²) in [5, 5.41) is 3.29. The van der Waals surface area contributed by atoms with Crippen LogP contribution in [0.1, 0.15) is 40.0 Å². The number of carbonyl (C=O) groups is 1. The summed E-state index contributed by atoms with van der Waals surface area (Å²) < 4.78 is 3.93. The second kappa shape index (κ2) is 13.0. The fraction of sp³-hybridized carbons (Fsp3) is 0.900. The molecule has 0 fully saturated rings. The van der Waals surface area contributed by atoms with Crippen LogP contribution in [-0.4, -0.2) is 35.3 Å². The van der Waals surface area contributed by atoms with Crippen LogP contribution in [0.5, 0.6) is 0 Å². The van der Waals surface area contributed by atoms with Gasteiger partial charge in [-0.15, -0.1) is 0 Å². The van der Waals surface area contributed by atoms with Gasteiger partial charge in [0.2, 0.25) is 0 Å². The zero-order chi connectivity index (χ0) is 13.0. The molecule has 0 spiro atoms. The van der Waals surface area contributed by atoms with E-state index in [4.69, 9.17) is 9.79 Å². The van der Waals surface area contributed by atoms with E-state index in [1.165, 1.54) is 7.11 Å². The molecule has 0 aliphatic rings. The van der Waals surface area contributed by atoms with Gasteiger partial charge in [-0.2, -0.15) is 0 Å². The third kappa shape index (κ3) is 16.4. The fourth-order valence-corrected chi connectivity index (χ4v) is 1.26. The number of carbonyl (C=O) groups excluding carboxylic acids is 1. The van der Waals surface area contributed by atoms with Crippen LogP contribution in [0.15, 0.2) is 0 Å². The number of hydrogen-bond donors (Lipinski definition) is 3. The van der Waals surface area contributed by atoms with Gasteiger partial charge in [0, 0.05) is 19.6 Å². The summed E-state index contributed by atoms with van der Waals surface area (Å²) >= 11 is 0. The third-order valence-corrected chi connectivity index (χ3v) is 2.15. The standard InChI is InChI=1S/C9H19NO.CH5O3P/c1-4-6-9(10-5-2)7-8(3)11;1-4-5(2)3/h9-10H,4-7H2,1-3H3;2-3H,1H3. The molecular weight excluding hydrogens is 229 g/mol. The first-order valence-electron chi connectivity index (χ1n) is 5.42. The van der Waals surface area contributed by atoms with E-state index < -0.39 is 8.60 Å². The smallest absolute Gasteiger partial charge is 0.326 e. The Morgan fingerprint density at radius 3 is 2.19 bits per heavy atom. The van der Waals surface area contributed by atoms with Gasteiger partial charge in [0.1, 0.15) is 5.78 Å². The molecule has 0 bridgehead atoms. The van der Waals surface area contributed by atoms with Crippen LogP contribution in [0.2, 0.25) is 0 Å². The van der Waals surface area contributed by atoms with Gasteiger partial charge in [0.15, 0.2) is 0 Å². The van der Waals surface area contributed by atoms with Crippen LogP contribution in [0.3, 0.4) is 0 Å².